The number of halogens is 7. The van der Waals surface area contributed by atoms with Crippen LogP contribution in [0.3, 0.4) is 0 Å². The van der Waals surface area contributed by atoms with Gasteiger partial charge in [0.2, 0.25) is 5.72 Å². The highest BCUT2D eigenvalue weighted by atomic mass is 35.5. The second kappa shape index (κ2) is 8.45. The molecule has 0 amide bonds. The van der Waals surface area contributed by atoms with E-state index in [-0.39, 0.29) is 23.5 Å². The molecule has 0 bridgehead atoms. The number of esters is 1. The van der Waals surface area contributed by atoms with E-state index >= 15 is 8.78 Å². The van der Waals surface area contributed by atoms with Crippen molar-refractivity contribution in [3.8, 4) is 5.69 Å². The number of alkyl halides is 7. The molecule has 0 saturated carbocycles. The number of carbonyl (C=O) groups excluding carboxylic acids is 1. The third-order valence-electron chi connectivity index (χ3n) is 6.06. The van der Waals surface area contributed by atoms with Crippen LogP contribution >= 0.6 is 11.6 Å². The molecule has 0 saturated heterocycles. The highest BCUT2D eigenvalue weighted by Crippen LogP contribution is 2.57. The first-order valence-corrected chi connectivity index (χ1v) is 11.0. The molecule has 2 aromatic carbocycles. The number of aliphatic hydroxyl groups is 1. The maximum atomic E-state index is 15.6. The van der Waals surface area contributed by atoms with Gasteiger partial charge in [-0.3, -0.25) is 0 Å². The van der Waals surface area contributed by atoms with Crippen LogP contribution in [0.5, 0.6) is 0 Å². The summed E-state index contributed by atoms with van der Waals surface area (Å²) in [5.74, 6) is -13.4. The Morgan fingerprint density at radius 2 is 1.56 bits per heavy atom. The summed E-state index contributed by atoms with van der Waals surface area (Å²) in [5, 5.41) is 6.29. The predicted molar refractivity (Wildman–Crippen MR) is 119 cm³/mol. The van der Waals surface area contributed by atoms with Gasteiger partial charge in [-0.05, 0) is 30.7 Å². The van der Waals surface area contributed by atoms with E-state index in [2.05, 4.69) is 11.6 Å². The third-order valence-corrected chi connectivity index (χ3v) is 6.30. The third kappa shape index (κ3) is 3.47. The molecule has 12 heteroatoms. The van der Waals surface area contributed by atoms with Gasteiger partial charge in [-0.25, -0.2) is 4.79 Å². The number of fused-ring (bicyclic) bond motifs is 3. The first kappa shape index (κ1) is 25.9. The minimum Gasteiger partial charge on any atom is -0.462 e. The van der Waals surface area contributed by atoms with Crippen LogP contribution < -0.4 is 4.90 Å². The van der Waals surface area contributed by atoms with Crippen molar-refractivity contribution in [1.82, 2.24) is 4.57 Å². The van der Waals surface area contributed by atoms with E-state index in [1.807, 2.05) is 0 Å². The molecular formula is C24H19ClF6N2O3. The quantitative estimate of drug-likeness (QED) is 0.246. The number of hydrogen-bond donors (Lipinski definition) is 1. The highest BCUT2D eigenvalue weighted by molar-refractivity contribution is 6.22. The number of hydrogen-bond acceptors (Lipinski definition) is 4. The van der Waals surface area contributed by atoms with Crippen LogP contribution in [0, 0.1) is 0 Å². The van der Waals surface area contributed by atoms with Crippen molar-refractivity contribution in [2.75, 3.05) is 18.6 Å². The number of ether oxygens (including phenoxy) is 1. The van der Waals surface area contributed by atoms with Crippen LogP contribution in [0.15, 0.2) is 60.8 Å². The van der Waals surface area contributed by atoms with Gasteiger partial charge in [-0.1, -0.05) is 42.5 Å². The second-order valence-corrected chi connectivity index (χ2v) is 8.56. The van der Waals surface area contributed by atoms with E-state index in [0.29, 0.717) is 0 Å². The normalized spacial score (nSPS) is 18.0. The molecule has 36 heavy (non-hydrogen) atoms. The first-order chi connectivity index (χ1) is 16.7. The maximum absolute atomic E-state index is 15.6. The maximum Gasteiger partial charge on any atom is 0.390 e. The Labute approximate surface area is 206 Å². The number of rotatable bonds is 6. The fourth-order valence-electron chi connectivity index (χ4n) is 4.34. The zero-order valence-corrected chi connectivity index (χ0v) is 19.5. The largest absolute Gasteiger partial charge is 0.462 e. The molecule has 2 heterocycles. The summed E-state index contributed by atoms with van der Waals surface area (Å²) >= 11 is 4.44. The van der Waals surface area contributed by atoms with Crippen molar-refractivity contribution >= 4 is 23.3 Å². The van der Waals surface area contributed by atoms with Gasteiger partial charge >= 0.3 is 23.2 Å². The number of aromatic nitrogens is 1. The molecule has 192 valence electrons. The molecule has 0 aliphatic carbocycles. The Morgan fingerprint density at radius 3 is 2.11 bits per heavy atom. The second-order valence-electron chi connectivity index (χ2n) is 8.09. The SMILES string of the molecule is CCOC(=O)c1cn2c(c1C(F)(F)C(F)(F)C(F)(F)Cl)C(O)(c1ccccc1)N(C)c1ccccc1-2. The van der Waals surface area contributed by atoms with Gasteiger partial charge in [0.1, 0.15) is 0 Å². The molecule has 5 nitrogen and oxygen atoms in total. The molecule has 1 unspecified atom stereocenters. The number of nitrogens with zero attached hydrogens (tertiary/aromatic N) is 2. The minimum atomic E-state index is -6.17. The number of anilines is 1. The molecular weight excluding hydrogens is 514 g/mol. The lowest BCUT2D eigenvalue weighted by atomic mass is 9.87. The zero-order chi connectivity index (χ0) is 26.7. The summed E-state index contributed by atoms with van der Waals surface area (Å²) < 4.78 is 93.5. The van der Waals surface area contributed by atoms with Gasteiger partial charge in [-0.2, -0.15) is 26.3 Å². The van der Waals surface area contributed by atoms with Gasteiger partial charge in [0.25, 0.3) is 0 Å². The predicted octanol–water partition coefficient (Wildman–Crippen LogP) is 5.86. The van der Waals surface area contributed by atoms with E-state index < -0.39 is 45.7 Å². The summed E-state index contributed by atoms with van der Waals surface area (Å²) in [6, 6.07) is 13.2. The Hall–Kier alpha value is -3.18. The molecule has 4 rings (SSSR count). The van der Waals surface area contributed by atoms with Gasteiger partial charge in [0, 0.05) is 18.8 Å². The Bertz CT molecular complexity index is 1310. The van der Waals surface area contributed by atoms with Gasteiger partial charge < -0.3 is 19.3 Å². The van der Waals surface area contributed by atoms with Crippen LogP contribution in [-0.4, -0.2) is 40.6 Å². The fraction of sp³-hybridized carbons (Fsp3) is 0.292. The molecule has 3 aromatic rings. The van der Waals surface area contributed by atoms with E-state index in [1.165, 1.54) is 56.4 Å². The van der Waals surface area contributed by atoms with Crippen LogP contribution in [0.25, 0.3) is 5.69 Å². The summed E-state index contributed by atoms with van der Waals surface area (Å²) in [6.45, 7) is 1.02. The average Bonchev–Trinajstić information content (AvgIpc) is 3.25. The molecule has 1 atom stereocenters. The topological polar surface area (TPSA) is 54.7 Å². The number of benzene rings is 2. The fourth-order valence-corrected chi connectivity index (χ4v) is 4.46. The molecule has 1 N–H and O–H groups in total. The Kier molecular flexibility index (Phi) is 6.08. The smallest absolute Gasteiger partial charge is 0.390 e. The molecule has 0 radical (unpaired) electrons. The standard InChI is InChI=1S/C24H19ClF6N2O3/c1-3-36-20(34)15-13-33-17-12-8-7-11-16(17)32(2)21(35,14-9-5-4-6-10-14)19(33)18(15)22(26,27)23(28,29)24(25,30)31/h4-13,35H,3H2,1-2H3. The van der Waals surface area contributed by atoms with E-state index in [9.17, 15) is 27.5 Å². The van der Waals surface area contributed by atoms with Crippen molar-refractivity contribution in [3.05, 3.63) is 83.2 Å². The van der Waals surface area contributed by atoms with Crippen molar-refractivity contribution in [1.29, 1.82) is 0 Å². The Balaban J connectivity index is 2.20. The van der Waals surface area contributed by atoms with Crippen molar-refractivity contribution in [2.45, 2.75) is 29.9 Å². The van der Waals surface area contributed by atoms with Gasteiger partial charge in [-0.15, -0.1) is 0 Å². The summed E-state index contributed by atoms with van der Waals surface area (Å²) in [5.41, 5.74) is -6.19. The van der Waals surface area contributed by atoms with Crippen LogP contribution in [0.1, 0.15) is 34.1 Å². The Morgan fingerprint density at radius 1 is 1.00 bits per heavy atom. The van der Waals surface area contributed by atoms with Crippen LogP contribution in [0.4, 0.5) is 32.0 Å². The van der Waals surface area contributed by atoms with Crippen LogP contribution in [-0.2, 0) is 16.4 Å². The zero-order valence-electron chi connectivity index (χ0n) is 18.8. The minimum absolute atomic E-state index is 0.0604. The average molecular weight is 533 g/mol. The lowest BCUT2D eigenvalue weighted by Gasteiger charge is -2.45. The summed E-state index contributed by atoms with van der Waals surface area (Å²) in [7, 11) is 1.31. The van der Waals surface area contributed by atoms with E-state index in [1.54, 1.807) is 12.1 Å². The molecule has 1 aliphatic rings. The monoisotopic (exact) mass is 532 g/mol. The van der Waals surface area contributed by atoms with Crippen LogP contribution in [0.2, 0.25) is 0 Å². The molecule has 0 spiro atoms. The lowest BCUT2D eigenvalue weighted by molar-refractivity contribution is -0.286. The van der Waals surface area contributed by atoms with E-state index in [4.69, 9.17) is 4.74 Å². The summed E-state index contributed by atoms with van der Waals surface area (Å²) in [4.78, 5) is 13.8. The van der Waals surface area contributed by atoms with Crippen molar-refractivity contribution < 1.29 is 41.0 Å². The summed E-state index contributed by atoms with van der Waals surface area (Å²) in [6.07, 6.45) is 0.763. The van der Waals surface area contributed by atoms with Gasteiger partial charge in [0.15, 0.2) is 0 Å². The molecule has 0 fully saturated rings. The lowest BCUT2D eigenvalue weighted by Crippen LogP contribution is -2.54. The highest BCUT2D eigenvalue weighted by Gasteiger charge is 2.74. The first-order valence-electron chi connectivity index (χ1n) is 10.6. The van der Waals surface area contributed by atoms with Crippen molar-refractivity contribution in [2.24, 2.45) is 0 Å². The van der Waals surface area contributed by atoms with E-state index in [0.717, 1.165) is 15.7 Å². The number of carbonyl (C=O) groups is 1. The van der Waals surface area contributed by atoms with Crippen molar-refractivity contribution in [3.63, 3.8) is 0 Å². The number of para-hydroxylation sites is 2. The molecule has 1 aromatic heterocycles. The van der Waals surface area contributed by atoms with Gasteiger partial charge in [0.05, 0.1) is 34.8 Å². The molecule has 1 aliphatic heterocycles.